The maximum absolute atomic E-state index is 8.99. The predicted molar refractivity (Wildman–Crippen MR) is 209 cm³/mol. The fraction of sp³-hybridized carbons (Fsp3) is 0.0833. The molecule has 0 heteroatoms. The highest BCUT2D eigenvalue weighted by Crippen LogP contribution is 2.47. The maximum Gasteiger partial charge on any atom is 0.0629 e. The van der Waals surface area contributed by atoms with Crippen molar-refractivity contribution in [2.75, 3.05) is 0 Å². The summed E-state index contributed by atoms with van der Waals surface area (Å²) in [6.07, 6.45) is 0. The van der Waals surface area contributed by atoms with Crippen LogP contribution in [0, 0.1) is 0 Å². The lowest BCUT2D eigenvalue weighted by molar-refractivity contribution is 0.591. The molecule has 0 spiro atoms. The first-order valence-electron chi connectivity index (χ1n) is 19.0. The second-order valence-corrected chi connectivity index (χ2v) is 13.7. The minimum Gasteiger partial charge on any atom is -0.0622 e. The van der Waals surface area contributed by atoms with E-state index < -0.39 is 6.04 Å². The van der Waals surface area contributed by atoms with Gasteiger partial charge in [0.2, 0.25) is 0 Å². The molecule has 0 aliphatic carbocycles. The van der Waals surface area contributed by atoms with Crippen LogP contribution in [0.3, 0.4) is 0 Å². The number of rotatable bonds is 3. The van der Waals surface area contributed by atoms with Gasteiger partial charge in [0, 0.05) is 0 Å². The molecule has 0 aromatic heterocycles. The first-order valence-corrected chi connectivity index (χ1v) is 16.5. The highest BCUT2D eigenvalue weighted by atomic mass is 14.2. The van der Waals surface area contributed by atoms with Gasteiger partial charge in [-0.3, -0.25) is 0 Å². The van der Waals surface area contributed by atoms with Crippen LogP contribution in [-0.4, -0.2) is 0 Å². The van der Waals surface area contributed by atoms with Gasteiger partial charge in [0.05, 0.1) is 6.85 Å². The largest absolute Gasteiger partial charge is 0.0629 e. The van der Waals surface area contributed by atoms with Crippen LogP contribution < -0.4 is 0 Å². The van der Waals surface area contributed by atoms with E-state index in [0.717, 1.165) is 54.4 Å². The van der Waals surface area contributed by atoms with Gasteiger partial charge in [-0.2, -0.15) is 0 Å². The number of hydrogen-bond donors (Lipinski definition) is 0. The van der Waals surface area contributed by atoms with Crippen LogP contribution in [0.1, 0.15) is 33.2 Å². The fourth-order valence-corrected chi connectivity index (χ4v) is 7.54. The van der Waals surface area contributed by atoms with Crippen molar-refractivity contribution in [1.29, 1.82) is 0 Å². The third-order valence-electron chi connectivity index (χ3n) is 9.87. The fourth-order valence-electron chi connectivity index (χ4n) is 7.54. The SMILES string of the molecule is [2H]c1c([2H])c([2H])c(-c2c3ccccc3c(-c3cc4cc(-c5cccc6ccccc56)ccc4c4ccc(C(C)(C)C)cc34)c3ccccc23)c([2H])c1[2H]. The van der Waals surface area contributed by atoms with E-state index >= 15 is 0 Å². The van der Waals surface area contributed by atoms with Crippen LogP contribution in [0.4, 0.5) is 0 Å². The zero-order chi connectivity index (χ0) is 36.8. The molecule has 0 radical (unpaired) electrons. The molecule has 0 aliphatic rings. The first kappa shape index (κ1) is 23.6. The van der Waals surface area contributed by atoms with Gasteiger partial charge in [-0.1, -0.05) is 166 Å². The van der Waals surface area contributed by atoms with Crippen molar-refractivity contribution in [3.05, 3.63) is 169 Å². The van der Waals surface area contributed by atoms with Crippen LogP contribution in [0.15, 0.2) is 164 Å². The van der Waals surface area contributed by atoms with Crippen LogP contribution in [0.5, 0.6) is 0 Å². The Morgan fingerprint density at radius 3 is 1.69 bits per heavy atom. The smallest absolute Gasteiger partial charge is 0.0622 e. The maximum atomic E-state index is 8.99. The summed E-state index contributed by atoms with van der Waals surface area (Å²) in [4.78, 5) is 0. The molecule has 0 nitrogen and oxygen atoms in total. The Morgan fingerprint density at radius 2 is 1.00 bits per heavy atom. The van der Waals surface area contributed by atoms with Gasteiger partial charge in [0.15, 0.2) is 0 Å². The third kappa shape index (κ3) is 4.52. The molecule has 9 aromatic rings. The van der Waals surface area contributed by atoms with Crippen molar-refractivity contribution in [1.82, 2.24) is 0 Å². The molecule has 9 aromatic carbocycles. The van der Waals surface area contributed by atoms with Gasteiger partial charge < -0.3 is 0 Å². The van der Waals surface area contributed by atoms with Gasteiger partial charge in [0.1, 0.15) is 0 Å². The summed E-state index contributed by atoms with van der Waals surface area (Å²) in [6, 6.07) is 45.7. The second-order valence-electron chi connectivity index (χ2n) is 13.7. The monoisotopic (exact) mass is 617 g/mol. The number of fused-ring (bicyclic) bond motifs is 6. The first-order chi connectivity index (χ1) is 25.5. The van der Waals surface area contributed by atoms with E-state index in [0.29, 0.717) is 5.56 Å². The summed E-state index contributed by atoms with van der Waals surface area (Å²) in [5, 5.41) is 10.6. The van der Waals surface area contributed by atoms with E-state index in [-0.39, 0.29) is 35.1 Å². The van der Waals surface area contributed by atoms with Crippen molar-refractivity contribution in [3.8, 4) is 33.4 Å². The highest BCUT2D eigenvalue weighted by Gasteiger charge is 2.21. The molecule has 9 rings (SSSR count). The predicted octanol–water partition coefficient (Wildman–Crippen LogP) is 13.8. The van der Waals surface area contributed by atoms with Gasteiger partial charge in [-0.05, 0) is 116 Å². The molecule has 0 fully saturated rings. The van der Waals surface area contributed by atoms with Crippen LogP contribution in [0.2, 0.25) is 0 Å². The summed E-state index contributed by atoms with van der Waals surface area (Å²) >= 11 is 0. The van der Waals surface area contributed by atoms with Gasteiger partial charge in [0.25, 0.3) is 0 Å². The molecular weight excluding hydrogens is 577 g/mol. The standard InChI is InChI=1S/C48H36/c1-48(2,3)35-25-27-39-38-26-24-33(37-23-13-17-31-14-7-8-18-36(31)37)28-34(38)29-45(44(39)30-35)47-42-21-11-9-19-40(42)46(32-15-5-4-6-16-32)41-20-10-12-22-43(41)47/h4-30H,1-3H3/i4D,5D,6D,15D,16D. The molecule has 0 bridgehead atoms. The second kappa shape index (κ2) is 10.9. The van der Waals surface area contributed by atoms with E-state index in [2.05, 4.69) is 118 Å². The van der Waals surface area contributed by atoms with E-state index in [1.54, 1.807) is 0 Å². The zero-order valence-corrected chi connectivity index (χ0v) is 27.2. The quantitative estimate of drug-likeness (QED) is 0.137. The lowest BCUT2D eigenvalue weighted by atomic mass is 9.81. The third-order valence-corrected chi connectivity index (χ3v) is 9.87. The summed E-state index contributed by atoms with van der Waals surface area (Å²) in [7, 11) is 0. The summed E-state index contributed by atoms with van der Waals surface area (Å²) < 4.78 is 43.3. The van der Waals surface area contributed by atoms with E-state index in [1.165, 1.54) is 27.3 Å². The van der Waals surface area contributed by atoms with Crippen molar-refractivity contribution in [2.24, 2.45) is 0 Å². The van der Waals surface area contributed by atoms with Crippen molar-refractivity contribution in [3.63, 3.8) is 0 Å². The van der Waals surface area contributed by atoms with Crippen LogP contribution in [-0.2, 0) is 5.41 Å². The molecule has 0 aliphatic heterocycles. The Balaban J connectivity index is 1.44. The van der Waals surface area contributed by atoms with Crippen molar-refractivity contribution >= 4 is 53.9 Å². The normalized spacial score (nSPS) is 13.5. The number of benzene rings is 9. The molecular formula is C48H36. The molecule has 0 N–H and O–H groups in total. The molecule has 0 atom stereocenters. The van der Waals surface area contributed by atoms with E-state index in [1.807, 2.05) is 36.4 Å². The van der Waals surface area contributed by atoms with E-state index in [9.17, 15) is 0 Å². The Kier molecular flexibility index (Phi) is 5.37. The average molecular weight is 618 g/mol. The zero-order valence-electron chi connectivity index (χ0n) is 32.2. The molecule has 228 valence electrons. The summed E-state index contributed by atoms with van der Waals surface area (Å²) in [5.74, 6) is 0. The topological polar surface area (TPSA) is 0 Å². The Bertz CT molecular complexity index is 2900. The highest BCUT2D eigenvalue weighted by molar-refractivity contribution is 6.26. The molecule has 0 amide bonds. The van der Waals surface area contributed by atoms with Gasteiger partial charge in [-0.25, -0.2) is 0 Å². The number of hydrogen-bond acceptors (Lipinski definition) is 0. The summed E-state index contributed by atoms with van der Waals surface area (Å²) in [5.41, 5.74) is 6.51. The minimum atomic E-state index is -0.394. The van der Waals surface area contributed by atoms with Crippen LogP contribution in [0.25, 0.3) is 87.2 Å². The van der Waals surface area contributed by atoms with Crippen molar-refractivity contribution < 1.29 is 6.85 Å². The Labute approximate surface area is 288 Å². The average Bonchev–Trinajstić information content (AvgIpc) is 3.18. The molecule has 0 heterocycles. The molecule has 0 saturated carbocycles. The molecule has 0 unspecified atom stereocenters. The Hall–Kier alpha value is -5.72. The van der Waals surface area contributed by atoms with Crippen LogP contribution >= 0.6 is 0 Å². The molecule has 0 saturated heterocycles. The summed E-state index contributed by atoms with van der Waals surface area (Å²) in [6.45, 7) is 6.72. The molecule has 48 heavy (non-hydrogen) atoms. The van der Waals surface area contributed by atoms with Crippen molar-refractivity contribution in [2.45, 2.75) is 26.2 Å². The minimum absolute atomic E-state index is 0.0758. The lowest BCUT2D eigenvalue weighted by Crippen LogP contribution is -2.10. The Morgan fingerprint density at radius 1 is 0.396 bits per heavy atom. The van der Waals surface area contributed by atoms with E-state index in [4.69, 9.17) is 6.85 Å². The lowest BCUT2D eigenvalue weighted by Gasteiger charge is -2.23. The van der Waals surface area contributed by atoms with Gasteiger partial charge in [-0.15, -0.1) is 0 Å². The van der Waals surface area contributed by atoms with Gasteiger partial charge >= 0.3 is 0 Å².